The predicted octanol–water partition coefficient (Wildman–Crippen LogP) is 1.52. The molecule has 4 nitrogen and oxygen atoms in total. The molecule has 0 radical (unpaired) electrons. The molecule has 0 atom stereocenters. The molecule has 0 saturated carbocycles. The smallest absolute Gasteiger partial charge is 0.254 e. The molecular formula is C15H21N3O. The van der Waals surface area contributed by atoms with Gasteiger partial charge in [-0.05, 0) is 24.6 Å². The Kier molecular flexibility index (Phi) is 4.22. The number of amides is 1. The maximum atomic E-state index is 12.4. The lowest BCUT2D eigenvalue weighted by atomic mass is 10.1. The van der Waals surface area contributed by atoms with Crippen molar-refractivity contribution in [3.8, 4) is 0 Å². The van der Waals surface area contributed by atoms with Crippen LogP contribution >= 0.6 is 0 Å². The van der Waals surface area contributed by atoms with Crippen LogP contribution in [0.25, 0.3) is 0 Å². The van der Waals surface area contributed by atoms with Gasteiger partial charge in [-0.2, -0.15) is 0 Å². The quantitative estimate of drug-likeness (QED) is 0.661. The Hall–Kier alpha value is -1.81. The first kappa shape index (κ1) is 13.6. The summed E-state index contributed by atoms with van der Waals surface area (Å²) in [7, 11) is 0. The van der Waals surface area contributed by atoms with Crippen molar-refractivity contribution in [2.24, 2.45) is 0 Å². The van der Waals surface area contributed by atoms with E-state index in [4.69, 9.17) is 5.73 Å². The van der Waals surface area contributed by atoms with Crippen LogP contribution in [0.1, 0.15) is 15.9 Å². The standard InChI is InChI=1S/C15H21N3O/c1-3-6-17-7-9-18(10-8-17)15(19)13-5-4-12(2)14(16)11-13/h3-5,11H,1,6-10,16H2,2H3. The molecular weight excluding hydrogens is 238 g/mol. The largest absolute Gasteiger partial charge is 0.398 e. The van der Waals surface area contributed by atoms with Gasteiger partial charge in [0, 0.05) is 44.0 Å². The summed E-state index contributed by atoms with van der Waals surface area (Å²) in [5.74, 6) is 0.0740. The van der Waals surface area contributed by atoms with Crippen LogP contribution in [-0.2, 0) is 0 Å². The maximum absolute atomic E-state index is 12.4. The Morgan fingerprint density at radius 2 is 2.05 bits per heavy atom. The van der Waals surface area contributed by atoms with Crippen LogP contribution in [0.15, 0.2) is 30.9 Å². The topological polar surface area (TPSA) is 49.6 Å². The zero-order chi connectivity index (χ0) is 13.8. The number of aryl methyl sites for hydroxylation is 1. The van der Waals surface area contributed by atoms with Gasteiger partial charge in [-0.15, -0.1) is 6.58 Å². The molecule has 4 heteroatoms. The van der Waals surface area contributed by atoms with Gasteiger partial charge in [-0.1, -0.05) is 12.1 Å². The van der Waals surface area contributed by atoms with Gasteiger partial charge in [0.25, 0.3) is 5.91 Å². The Bertz CT molecular complexity index is 476. The summed E-state index contributed by atoms with van der Waals surface area (Å²) in [6.45, 7) is 9.90. The lowest BCUT2D eigenvalue weighted by molar-refractivity contribution is 0.0650. The lowest BCUT2D eigenvalue weighted by Gasteiger charge is -2.34. The summed E-state index contributed by atoms with van der Waals surface area (Å²) in [6.07, 6.45) is 1.90. The van der Waals surface area contributed by atoms with E-state index in [0.717, 1.165) is 38.3 Å². The third kappa shape index (κ3) is 3.15. The number of hydrogen-bond acceptors (Lipinski definition) is 3. The fourth-order valence-electron chi connectivity index (χ4n) is 2.27. The van der Waals surface area contributed by atoms with Crippen molar-refractivity contribution >= 4 is 11.6 Å². The number of piperazine rings is 1. The van der Waals surface area contributed by atoms with Gasteiger partial charge in [0.1, 0.15) is 0 Å². The number of rotatable bonds is 3. The number of hydrogen-bond donors (Lipinski definition) is 1. The van der Waals surface area contributed by atoms with E-state index in [9.17, 15) is 4.79 Å². The number of nitrogen functional groups attached to an aromatic ring is 1. The third-order valence-corrected chi connectivity index (χ3v) is 3.57. The number of benzene rings is 1. The molecule has 1 aliphatic rings. The van der Waals surface area contributed by atoms with Crippen LogP contribution in [0.2, 0.25) is 0 Å². The van der Waals surface area contributed by atoms with Gasteiger partial charge >= 0.3 is 0 Å². The highest BCUT2D eigenvalue weighted by atomic mass is 16.2. The average Bonchev–Trinajstić information content (AvgIpc) is 2.42. The van der Waals surface area contributed by atoms with Crippen molar-refractivity contribution in [2.75, 3.05) is 38.5 Å². The van der Waals surface area contributed by atoms with Gasteiger partial charge in [0.15, 0.2) is 0 Å². The summed E-state index contributed by atoms with van der Waals surface area (Å²) in [5, 5.41) is 0. The molecule has 0 spiro atoms. The first-order valence-corrected chi connectivity index (χ1v) is 6.60. The van der Waals surface area contributed by atoms with Crippen LogP contribution in [0.4, 0.5) is 5.69 Å². The first-order valence-electron chi connectivity index (χ1n) is 6.60. The molecule has 2 rings (SSSR count). The van der Waals surface area contributed by atoms with Crippen LogP contribution in [0.5, 0.6) is 0 Å². The second kappa shape index (κ2) is 5.89. The van der Waals surface area contributed by atoms with Crippen LogP contribution in [0.3, 0.4) is 0 Å². The molecule has 1 fully saturated rings. The predicted molar refractivity (Wildman–Crippen MR) is 78.1 cm³/mol. The molecule has 0 aromatic heterocycles. The number of nitrogens with two attached hydrogens (primary N) is 1. The zero-order valence-electron chi connectivity index (χ0n) is 11.4. The molecule has 1 aliphatic heterocycles. The minimum Gasteiger partial charge on any atom is -0.398 e. The highest BCUT2D eigenvalue weighted by molar-refractivity contribution is 5.95. The molecule has 102 valence electrons. The van der Waals surface area contributed by atoms with E-state index in [0.29, 0.717) is 11.3 Å². The molecule has 0 aliphatic carbocycles. The average molecular weight is 259 g/mol. The fraction of sp³-hybridized carbons (Fsp3) is 0.400. The zero-order valence-corrected chi connectivity index (χ0v) is 11.4. The summed E-state index contributed by atoms with van der Waals surface area (Å²) in [5.41, 5.74) is 8.22. The van der Waals surface area contributed by atoms with Crippen molar-refractivity contribution < 1.29 is 4.79 Å². The van der Waals surface area contributed by atoms with E-state index in [2.05, 4.69) is 11.5 Å². The van der Waals surface area contributed by atoms with E-state index in [1.54, 1.807) is 6.07 Å². The number of nitrogens with zero attached hydrogens (tertiary/aromatic N) is 2. The lowest BCUT2D eigenvalue weighted by Crippen LogP contribution is -2.48. The van der Waals surface area contributed by atoms with E-state index >= 15 is 0 Å². The monoisotopic (exact) mass is 259 g/mol. The Morgan fingerprint density at radius 1 is 1.37 bits per heavy atom. The van der Waals surface area contributed by atoms with Crippen molar-refractivity contribution in [2.45, 2.75) is 6.92 Å². The summed E-state index contributed by atoms with van der Waals surface area (Å²) in [4.78, 5) is 16.5. The second-order valence-electron chi connectivity index (χ2n) is 4.95. The molecule has 1 saturated heterocycles. The van der Waals surface area contributed by atoms with Crippen LogP contribution in [-0.4, -0.2) is 48.4 Å². The SMILES string of the molecule is C=CCN1CCN(C(=O)c2ccc(C)c(N)c2)CC1. The molecule has 2 N–H and O–H groups in total. The van der Waals surface area contributed by atoms with Crippen LogP contribution in [0, 0.1) is 6.92 Å². The van der Waals surface area contributed by atoms with Crippen molar-refractivity contribution in [3.63, 3.8) is 0 Å². The molecule has 0 unspecified atom stereocenters. The summed E-state index contributed by atoms with van der Waals surface area (Å²) < 4.78 is 0. The van der Waals surface area contributed by atoms with Crippen molar-refractivity contribution in [1.82, 2.24) is 9.80 Å². The minimum atomic E-state index is 0.0740. The summed E-state index contributed by atoms with van der Waals surface area (Å²) >= 11 is 0. The number of carbonyl (C=O) groups excluding carboxylic acids is 1. The minimum absolute atomic E-state index is 0.0740. The van der Waals surface area contributed by atoms with Gasteiger partial charge in [-0.3, -0.25) is 9.69 Å². The van der Waals surface area contributed by atoms with Gasteiger partial charge in [-0.25, -0.2) is 0 Å². The Balaban J connectivity index is 2.01. The van der Waals surface area contributed by atoms with Crippen molar-refractivity contribution in [1.29, 1.82) is 0 Å². The maximum Gasteiger partial charge on any atom is 0.254 e. The Morgan fingerprint density at radius 3 is 2.63 bits per heavy atom. The number of carbonyl (C=O) groups is 1. The summed E-state index contributed by atoms with van der Waals surface area (Å²) in [6, 6.07) is 5.52. The van der Waals surface area contributed by atoms with Crippen LogP contribution < -0.4 is 5.73 Å². The molecule has 19 heavy (non-hydrogen) atoms. The molecule has 0 bridgehead atoms. The van der Waals surface area contributed by atoms with E-state index in [1.165, 1.54) is 0 Å². The Labute approximate surface area is 114 Å². The molecule has 1 amide bonds. The molecule has 1 aromatic carbocycles. The highest BCUT2D eigenvalue weighted by Gasteiger charge is 2.21. The van der Waals surface area contributed by atoms with E-state index in [-0.39, 0.29) is 5.91 Å². The van der Waals surface area contributed by atoms with Gasteiger partial charge < -0.3 is 10.6 Å². The second-order valence-corrected chi connectivity index (χ2v) is 4.95. The van der Waals surface area contributed by atoms with Gasteiger partial charge in [0.05, 0.1) is 0 Å². The van der Waals surface area contributed by atoms with E-state index < -0.39 is 0 Å². The normalized spacial score (nSPS) is 16.4. The fourth-order valence-corrected chi connectivity index (χ4v) is 2.27. The highest BCUT2D eigenvalue weighted by Crippen LogP contribution is 2.15. The van der Waals surface area contributed by atoms with Crippen molar-refractivity contribution in [3.05, 3.63) is 42.0 Å². The molecule has 1 aromatic rings. The third-order valence-electron chi connectivity index (χ3n) is 3.57. The molecule has 1 heterocycles. The first-order chi connectivity index (χ1) is 9.11. The number of anilines is 1. The van der Waals surface area contributed by atoms with Gasteiger partial charge in [0.2, 0.25) is 0 Å². The van der Waals surface area contributed by atoms with E-state index in [1.807, 2.05) is 30.0 Å².